The summed E-state index contributed by atoms with van der Waals surface area (Å²) in [5.41, 5.74) is 5.90. The molecule has 0 radical (unpaired) electrons. The number of hydrogen-bond donors (Lipinski definition) is 2. The quantitative estimate of drug-likeness (QED) is 0.272. The molecule has 38 heavy (non-hydrogen) atoms. The minimum absolute atomic E-state index is 0.0799. The number of H-pyrrole nitrogens is 1. The van der Waals surface area contributed by atoms with Crippen LogP contribution in [0.15, 0.2) is 72.5 Å². The molecule has 1 fully saturated rings. The van der Waals surface area contributed by atoms with Gasteiger partial charge in [-0.3, -0.25) is 0 Å². The van der Waals surface area contributed by atoms with E-state index in [2.05, 4.69) is 98.6 Å². The summed E-state index contributed by atoms with van der Waals surface area (Å²) in [7, 11) is 2.07. The molecule has 1 aliphatic carbocycles. The van der Waals surface area contributed by atoms with Crippen LogP contribution in [-0.2, 0) is 0 Å². The second-order valence-electron chi connectivity index (χ2n) is 10.00. The lowest BCUT2D eigenvalue weighted by molar-refractivity contribution is 0.394. The van der Waals surface area contributed by atoms with Crippen molar-refractivity contribution in [1.29, 1.82) is 0 Å². The molecule has 2 N–H and O–H groups in total. The standard InChI is InChI=1S/C25H31ClN2.C7H15N.C2H6/c1-6-7-9-23(17-26)24(21-13-11-19(4)12-14-21)22-10-8-15-27-25(18(2)3)28-20(5)16-22;1-8-7-5-3-2-4-6-7;1-2/h6-16,18,24H,17H2,1-5H3,(H,27,28);7-8H,2-6H2,1H3;1-2H3/b7-6-,15-8?,20-16?,22-10?,23-9+;;. The van der Waals surface area contributed by atoms with Crippen LogP contribution in [0.25, 0.3) is 0 Å². The normalized spacial score (nSPS) is 14.7. The Morgan fingerprint density at radius 3 is 2.24 bits per heavy atom. The van der Waals surface area contributed by atoms with Gasteiger partial charge < -0.3 is 10.3 Å². The van der Waals surface area contributed by atoms with Gasteiger partial charge in [0.2, 0.25) is 0 Å². The molecule has 1 atom stereocenters. The van der Waals surface area contributed by atoms with Gasteiger partial charge in [0.05, 0.1) is 0 Å². The molecule has 3 nitrogen and oxygen atoms in total. The van der Waals surface area contributed by atoms with Crippen molar-refractivity contribution >= 4 is 11.6 Å². The maximum atomic E-state index is 6.40. The molecule has 0 amide bonds. The Morgan fingerprint density at radius 2 is 1.71 bits per heavy atom. The molecule has 0 bridgehead atoms. The summed E-state index contributed by atoms with van der Waals surface area (Å²) in [5.74, 6) is 1.85. The zero-order chi connectivity index (χ0) is 28.3. The first-order valence-corrected chi connectivity index (χ1v) is 14.9. The average molecular weight is 538 g/mol. The summed E-state index contributed by atoms with van der Waals surface area (Å²) in [6.07, 6.45) is 15.2. The monoisotopic (exact) mass is 537 g/mol. The van der Waals surface area contributed by atoms with Crippen molar-refractivity contribution in [3.63, 3.8) is 0 Å². The first-order valence-electron chi connectivity index (χ1n) is 14.4. The van der Waals surface area contributed by atoms with Gasteiger partial charge in [-0.05, 0) is 69.5 Å². The zero-order valence-electron chi connectivity index (χ0n) is 25.2. The van der Waals surface area contributed by atoms with Crippen LogP contribution >= 0.6 is 11.6 Å². The number of alkyl halides is 1. The maximum Gasteiger partial charge on any atom is 0.108 e. The summed E-state index contributed by atoms with van der Waals surface area (Å²) in [6, 6.07) is 15.9. The molecule has 0 saturated heterocycles. The van der Waals surface area contributed by atoms with Crippen molar-refractivity contribution in [3.8, 4) is 0 Å². The highest BCUT2D eigenvalue weighted by Crippen LogP contribution is 2.33. The van der Waals surface area contributed by atoms with Crippen LogP contribution in [0.2, 0.25) is 0 Å². The van der Waals surface area contributed by atoms with Crippen molar-refractivity contribution < 1.29 is 0 Å². The SMILES string of the molecule is C/C=C\C=C(/CCl)C(c1ccc(C)cc1)c1cccnc(C(C)C)[nH]c(C)c1.CC.CNC1CCCCC1. The number of hydrogen-bond acceptors (Lipinski definition) is 2. The highest BCUT2D eigenvalue weighted by molar-refractivity contribution is 6.19. The minimum atomic E-state index is 0.0799. The first kappa shape index (κ1) is 33.7. The van der Waals surface area contributed by atoms with E-state index < -0.39 is 0 Å². The Bertz CT molecular complexity index is 1010. The van der Waals surface area contributed by atoms with Crippen LogP contribution in [0.5, 0.6) is 0 Å². The third-order valence-corrected chi connectivity index (χ3v) is 6.94. The number of benzene rings is 1. The highest BCUT2D eigenvalue weighted by atomic mass is 35.5. The van der Waals surface area contributed by atoms with E-state index in [0.717, 1.165) is 23.1 Å². The fraction of sp³-hybridized carbons (Fsp3) is 0.500. The molecule has 1 saturated carbocycles. The van der Waals surface area contributed by atoms with Crippen molar-refractivity contribution in [2.24, 2.45) is 0 Å². The smallest absolute Gasteiger partial charge is 0.108 e. The maximum absolute atomic E-state index is 6.40. The minimum Gasteiger partial charge on any atom is -0.347 e. The van der Waals surface area contributed by atoms with Gasteiger partial charge in [0, 0.05) is 35.6 Å². The van der Waals surface area contributed by atoms with Crippen molar-refractivity contribution in [2.45, 2.75) is 98.4 Å². The summed E-state index contributed by atoms with van der Waals surface area (Å²) in [4.78, 5) is 8.03. The molecule has 2 aromatic rings. The van der Waals surface area contributed by atoms with E-state index in [1.807, 2.05) is 39.1 Å². The number of aromatic amines is 1. The molecule has 1 unspecified atom stereocenters. The molecule has 1 aliphatic rings. The van der Waals surface area contributed by atoms with Crippen LogP contribution in [0.1, 0.15) is 107 Å². The summed E-state index contributed by atoms with van der Waals surface area (Å²) in [5, 5.41) is 3.30. The van der Waals surface area contributed by atoms with Gasteiger partial charge in [0.25, 0.3) is 0 Å². The second-order valence-corrected chi connectivity index (χ2v) is 10.3. The predicted octanol–water partition coefficient (Wildman–Crippen LogP) is 9.71. The molecule has 1 aromatic carbocycles. The number of nitrogens with one attached hydrogen (secondary N) is 2. The molecule has 0 spiro atoms. The van der Waals surface area contributed by atoms with E-state index in [-0.39, 0.29) is 5.92 Å². The molecule has 1 heterocycles. The third-order valence-electron chi connectivity index (χ3n) is 6.63. The van der Waals surface area contributed by atoms with Crippen LogP contribution in [0.3, 0.4) is 0 Å². The van der Waals surface area contributed by atoms with Crippen LogP contribution in [-0.4, -0.2) is 28.9 Å². The number of aromatic nitrogens is 2. The van der Waals surface area contributed by atoms with Crippen molar-refractivity contribution in [3.05, 3.63) is 101 Å². The van der Waals surface area contributed by atoms with E-state index in [1.54, 1.807) is 0 Å². The molecule has 1 aromatic heterocycles. The van der Waals surface area contributed by atoms with E-state index in [0.29, 0.717) is 11.8 Å². The van der Waals surface area contributed by atoms with Gasteiger partial charge in [-0.1, -0.05) is 101 Å². The predicted molar refractivity (Wildman–Crippen MR) is 169 cm³/mol. The van der Waals surface area contributed by atoms with E-state index in [9.17, 15) is 0 Å². The summed E-state index contributed by atoms with van der Waals surface area (Å²) in [6.45, 7) is 14.5. The molecule has 0 aliphatic heterocycles. The van der Waals surface area contributed by atoms with Crippen molar-refractivity contribution in [2.75, 3.05) is 12.9 Å². The molecular weight excluding hydrogens is 486 g/mol. The highest BCUT2D eigenvalue weighted by Gasteiger charge is 2.18. The van der Waals surface area contributed by atoms with Gasteiger partial charge in [0.1, 0.15) is 5.82 Å². The molecule has 4 heteroatoms. The van der Waals surface area contributed by atoms with Crippen LogP contribution in [0.4, 0.5) is 0 Å². The molecule has 3 rings (SSSR count). The Labute approximate surface area is 238 Å². The Kier molecular flexibility index (Phi) is 17.4. The summed E-state index contributed by atoms with van der Waals surface area (Å²) >= 11 is 6.40. The number of aryl methyl sites for hydroxylation is 2. The number of nitrogens with zero attached hydrogens (tertiary/aromatic N) is 1. The molecule has 210 valence electrons. The lowest BCUT2D eigenvalue weighted by atomic mass is 9.85. The van der Waals surface area contributed by atoms with E-state index in [4.69, 9.17) is 11.6 Å². The van der Waals surface area contributed by atoms with E-state index >= 15 is 0 Å². The van der Waals surface area contributed by atoms with Crippen molar-refractivity contribution in [1.82, 2.24) is 15.3 Å². The Hall–Kier alpha value is -2.36. The van der Waals surface area contributed by atoms with E-state index in [1.165, 1.54) is 48.8 Å². The van der Waals surface area contributed by atoms with Gasteiger partial charge in [-0.2, -0.15) is 0 Å². The van der Waals surface area contributed by atoms with Gasteiger partial charge in [0.15, 0.2) is 0 Å². The average Bonchev–Trinajstić information content (AvgIpc) is 3.04. The Morgan fingerprint density at radius 1 is 1.05 bits per heavy atom. The Balaban J connectivity index is 0.000000607. The first-order chi connectivity index (χ1) is 18.4. The second kappa shape index (κ2) is 19.7. The lowest BCUT2D eigenvalue weighted by Crippen LogP contribution is -2.26. The van der Waals surface area contributed by atoms with Gasteiger partial charge in [-0.25, -0.2) is 4.98 Å². The zero-order valence-corrected chi connectivity index (χ0v) is 25.9. The largest absolute Gasteiger partial charge is 0.347 e. The molecular formula is C34H52ClN3. The number of halogens is 1. The fourth-order valence-electron chi connectivity index (χ4n) is 4.53. The third kappa shape index (κ3) is 12.0. The fourth-order valence-corrected chi connectivity index (χ4v) is 4.77. The van der Waals surface area contributed by atoms with Gasteiger partial charge >= 0.3 is 0 Å². The van der Waals surface area contributed by atoms with Crippen LogP contribution in [0, 0.1) is 13.8 Å². The lowest BCUT2D eigenvalue weighted by Gasteiger charge is -2.20. The number of rotatable bonds is 7. The van der Waals surface area contributed by atoms with Crippen LogP contribution < -0.4 is 5.32 Å². The van der Waals surface area contributed by atoms with Gasteiger partial charge in [-0.15, -0.1) is 11.6 Å². The number of allylic oxidation sites excluding steroid dienone is 4. The summed E-state index contributed by atoms with van der Waals surface area (Å²) < 4.78 is 0. The topological polar surface area (TPSA) is 40.7 Å².